The highest BCUT2D eigenvalue weighted by Crippen LogP contribution is 2.27. The van der Waals surface area contributed by atoms with E-state index in [1.807, 2.05) is 0 Å². The van der Waals surface area contributed by atoms with Gasteiger partial charge in [0, 0.05) is 11.3 Å². The van der Waals surface area contributed by atoms with Crippen LogP contribution in [0.1, 0.15) is 18.6 Å². The van der Waals surface area contributed by atoms with Crippen LogP contribution >= 0.6 is 0 Å². The number of anilines is 1. The first-order chi connectivity index (χ1) is 8.26. The Bertz CT molecular complexity index is 435. The lowest BCUT2D eigenvalue weighted by atomic mass is 10.1. The molecule has 2 N–H and O–H groups in total. The maximum Gasteiger partial charge on any atom is 0.383 e. The van der Waals surface area contributed by atoms with Gasteiger partial charge >= 0.3 is 18.3 Å². The van der Waals surface area contributed by atoms with Crippen LogP contribution in [0.3, 0.4) is 0 Å². The van der Waals surface area contributed by atoms with Gasteiger partial charge in [-0.2, -0.15) is 8.78 Å². The molecule has 18 heavy (non-hydrogen) atoms. The fraction of sp³-hybridized carbons (Fsp3) is 0.364. The molecule has 1 unspecified atom stereocenters. The zero-order valence-corrected chi connectivity index (χ0v) is 9.33. The summed E-state index contributed by atoms with van der Waals surface area (Å²) in [6.07, 6.45) is -5.11. The standard InChI is InChI=1S/C11H11F4NO2/c1-6(17)7-4-2-3-5-8(7)16-10(18)11(14,15)9(12)13/h2-6,9,17H,1H3,(H,16,18). The average Bonchev–Trinajstić information content (AvgIpc) is 2.29. The smallest absolute Gasteiger partial charge is 0.383 e. The summed E-state index contributed by atoms with van der Waals surface area (Å²) < 4.78 is 49.4. The van der Waals surface area contributed by atoms with Crippen molar-refractivity contribution in [3.05, 3.63) is 29.8 Å². The second kappa shape index (κ2) is 5.34. The predicted molar refractivity (Wildman–Crippen MR) is 56.7 cm³/mol. The first kappa shape index (κ1) is 14.4. The summed E-state index contributed by atoms with van der Waals surface area (Å²) >= 11 is 0. The van der Waals surface area contributed by atoms with Crippen LogP contribution in [0.4, 0.5) is 23.2 Å². The van der Waals surface area contributed by atoms with Gasteiger partial charge < -0.3 is 10.4 Å². The van der Waals surface area contributed by atoms with Gasteiger partial charge in [-0.3, -0.25) is 4.79 Å². The van der Waals surface area contributed by atoms with E-state index in [2.05, 4.69) is 0 Å². The van der Waals surface area contributed by atoms with Gasteiger partial charge in [-0.05, 0) is 13.0 Å². The minimum Gasteiger partial charge on any atom is -0.389 e. The Balaban J connectivity index is 2.96. The summed E-state index contributed by atoms with van der Waals surface area (Å²) in [5.74, 6) is -6.88. The van der Waals surface area contributed by atoms with E-state index in [0.717, 1.165) is 0 Å². The van der Waals surface area contributed by atoms with Crippen molar-refractivity contribution in [1.82, 2.24) is 0 Å². The third kappa shape index (κ3) is 2.98. The minimum absolute atomic E-state index is 0.127. The van der Waals surface area contributed by atoms with Gasteiger partial charge in [0.15, 0.2) is 0 Å². The molecule has 1 amide bonds. The van der Waals surface area contributed by atoms with Crippen LogP contribution in [-0.2, 0) is 4.79 Å². The molecular weight excluding hydrogens is 254 g/mol. The summed E-state index contributed by atoms with van der Waals surface area (Å²) in [4.78, 5) is 11.0. The molecule has 100 valence electrons. The Morgan fingerprint density at radius 1 is 1.33 bits per heavy atom. The number of aliphatic hydroxyl groups is 1. The van der Waals surface area contributed by atoms with Crippen LogP contribution in [0.2, 0.25) is 0 Å². The number of amides is 1. The van der Waals surface area contributed by atoms with Crippen LogP contribution in [0.15, 0.2) is 24.3 Å². The number of benzene rings is 1. The molecule has 7 heteroatoms. The predicted octanol–water partition coefficient (Wildman–Crippen LogP) is 2.58. The molecule has 0 bridgehead atoms. The second-order valence-corrected chi connectivity index (χ2v) is 3.64. The van der Waals surface area contributed by atoms with E-state index in [4.69, 9.17) is 0 Å². The highest BCUT2D eigenvalue weighted by atomic mass is 19.3. The fourth-order valence-corrected chi connectivity index (χ4v) is 1.28. The van der Waals surface area contributed by atoms with Crippen molar-refractivity contribution >= 4 is 11.6 Å². The Kier molecular flexibility index (Phi) is 4.28. The third-order valence-corrected chi connectivity index (χ3v) is 2.24. The van der Waals surface area contributed by atoms with Crippen molar-refractivity contribution < 1.29 is 27.5 Å². The molecule has 0 heterocycles. The molecule has 1 rings (SSSR count). The molecule has 0 aliphatic heterocycles. The van der Waals surface area contributed by atoms with E-state index in [1.54, 1.807) is 5.32 Å². The summed E-state index contributed by atoms with van der Waals surface area (Å²) in [7, 11) is 0. The van der Waals surface area contributed by atoms with E-state index < -0.39 is 24.4 Å². The van der Waals surface area contributed by atoms with Crippen LogP contribution in [0.25, 0.3) is 0 Å². The van der Waals surface area contributed by atoms with Gasteiger partial charge in [-0.1, -0.05) is 18.2 Å². The van der Waals surface area contributed by atoms with Crippen molar-refractivity contribution in [3.63, 3.8) is 0 Å². The molecule has 0 saturated heterocycles. The van der Waals surface area contributed by atoms with E-state index in [0.29, 0.717) is 0 Å². The maximum atomic E-state index is 12.7. The van der Waals surface area contributed by atoms with Gasteiger partial charge in [0.1, 0.15) is 0 Å². The number of nitrogens with one attached hydrogen (secondary N) is 1. The molecule has 1 aromatic carbocycles. The molecule has 0 spiro atoms. The first-order valence-corrected chi connectivity index (χ1v) is 5.01. The third-order valence-electron chi connectivity index (χ3n) is 2.24. The Labute approximate surface area is 100 Å². The topological polar surface area (TPSA) is 49.3 Å². The highest BCUT2D eigenvalue weighted by molar-refractivity contribution is 5.97. The fourth-order valence-electron chi connectivity index (χ4n) is 1.28. The molecule has 3 nitrogen and oxygen atoms in total. The number of hydrogen-bond acceptors (Lipinski definition) is 2. The molecule has 0 saturated carbocycles. The lowest BCUT2D eigenvalue weighted by molar-refractivity contribution is -0.163. The number of halogens is 4. The summed E-state index contributed by atoms with van der Waals surface area (Å²) in [6.45, 7) is 1.36. The number of rotatable bonds is 4. The Hall–Kier alpha value is -1.63. The monoisotopic (exact) mass is 265 g/mol. The van der Waals surface area contributed by atoms with E-state index in [-0.39, 0.29) is 11.3 Å². The quantitative estimate of drug-likeness (QED) is 0.822. The van der Waals surface area contributed by atoms with E-state index in [9.17, 15) is 27.5 Å². The van der Waals surface area contributed by atoms with Crippen molar-refractivity contribution in [2.24, 2.45) is 0 Å². The number of hydrogen-bond donors (Lipinski definition) is 2. The molecule has 0 aliphatic carbocycles. The Morgan fingerprint density at radius 3 is 2.39 bits per heavy atom. The number of carbonyl (C=O) groups excluding carboxylic acids is 1. The summed E-state index contributed by atoms with van der Waals surface area (Å²) in [6, 6.07) is 5.56. The zero-order valence-electron chi connectivity index (χ0n) is 9.33. The minimum atomic E-state index is -4.77. The van der Waals surface area contributed by atoms with Crippen LogP contribution < -0.4 is 5.32 Å². The first-order valence-electron chi connectivity index (χ1n) is 5.01. The largest absolute Gasteiger partial charge is 0.389 e. The van der Waals surface area contributed by atoms with Crippen molar-refractivity contribution in [2.75, 3.05) is 5.32 Å². The normalized spacial score (nSPS) is 13.5. The lowest BCUT2D eigenvalue weighted by Gasteiger charge is -2.17. The van der Waals surface area contributed by atoms with Gasteiger partial charge in [0.25, 0.3) is 0 Å². The highest BCUT2D eigenvalue weighted by Gasteiger charge is 2.49. The summed E-state index contributed by atoms with van der Waals surface area (Å²) in [5.41, 5.74) is 0.0359. The molecule has 0 aromatic heterocycles. The zero-order chi connectivity index (χ0) is 13.9. The number of alkyl halides is 4. The summed E-state index contributed by atoms with van der Waals surface area (Å²) in [5, 5.41) is 11.0. The van der Waals surface area contributed by atoms with Gasteiger partial charge in [-0.25, -0.2) is 8.78 Å². The molecule has 0 radical (unpaired) electrons. The maximum absolute atomic E-state index is 12.7. The van der Waals surface area contributed by atoms with E-state index >= 15 is 0 Å². The molecule has 1 atom stereocenters. The number of carbonyl (C=O) groups is 1. The van der Waals surface area contributed by atoms with E-state index in [1.165, 1.54) is 31.2 Å². The van der Waals surface area contributed by atoms with Crippen molar-refractivity contribution in [3.8, 4) is 0 Å². The van der Waals surface area contributed by atoms with Crippen molar-refractivity contribution in [1.29, 1.82) is 0 Å². The molecular formula is C11H11F4NO2. The lowest BCUT2D eigenvalue weighted by Crippen LogP contribution is -2.41. The van der Waals surface area contributed by atoms with Gasteiger partial charge in [-0.15, -0.1) is 0 Å². The molecule has 0 fully saturated rings. The van der Waals surface area contributed by atoms with Crippen LogP contribution in [-0.4, -0.2) is 23.4 Å². The van der Waals surface area contributed by atoms with Gasteiger partial charge in [0.05, 0.1) is 6.10 Å². The van der Waals surface area contributed by atoms with Gasteiger partial charge in [0.2, 0.25) is 0 Å². The van der Waals surface area contributed by atoms with Crippen molar-refractivity contribution in [2.45, 2.75) is 25.4 Å². The molecule has 1 aromatic rings. The van der Waals surface area contributed by atoms with Crippen LogP contribution in [0.5, 0.6) is 0 Å². The second-order valence-electron chi connectivity index (χ2n) is 3.64. The molecule has 0 aliphatic rings. The SMILES string of the molecule is CC(O)c1ccccc1NC(=O)C(F)(F)C(F)F. The number of para-hydroxylation sites is 1. The average molecular weight is 265 g/mol. The Morgan fingerprint density at radius 2 is 1.89 bits per heavy atom. The number of aliphatic hydroxyl groups excluding tert-OH is 1. The van der Waals surface area contributed by atoms with Crippen LogP contribution in [0, 0.1) is 0 Å².